The summed E-state index contributed by atoms with van der Waals surface area (Å²) >= 11 is 1.24. The number of aromatic nitrogens is 1. The van der Waals surface area contributed by atoms with E-state index in [1.54, 1.807) is 18.3 Å². The minimum Gasteiger partial charge on any atom is -0.465 e. The van der Waals surface area contributed by atoms with Crippen LogP contribution in [-0.2, 0) is 4.74 Å². The number of methoxy groups -OCH3 is 1. The van der Waals surface area contributed by atoms with E-state index >= 15 is 0 Å². The minimum absolute atomic E-state index is 0.150. The SMILES string of the molecule is COC(=O)c1cc([N+](=O)[O-])ccc1Sc1ccccn1. The third kappa shape index (κ3) is 3.12. The summed E-state index contributed by atoms with van der Waals surface area (Å²) in [5.74, 6) is -0.618. The smallest absolute Gasteiger partial charge is 0.339 e. The van der Waals surface area contributed by atoms with E-state index in [1.807, 2.05) is 6.07 Å². The van der Waals surface area contributed by atoms with Gasteiger partial charge in [0, 0.05) is 23.2 Å². The lowest BCUT2D eigenvalue weighted by Gasteiger charge is -2.06. The second-order valence-corrected chi connectivity index (χ2v) is 4.76. The average Bonchev–Trinajstić information content (AvgIpc) is 2.47. The monoisotopic (exact) mass is 290 g/mol. The van der Waals surface area contributed by atoms with Crippen molar-refractivity contribution < 1.29 is 14.5 Å². The van der Waals surface area contributed by atoms with Crippen molar-refractivity contribution >= 4 is 23.4 Å². The standard InChI is InChI=1S/C13H10N2O4S/c1-19-13(16)10-8-9(15(17)18)5-6-11(10)20-12-4-2-3-7-14-12/h2-8H,1H3. The van der Waals surface area contributed by atoms with Crippen LogP contribution in [0.15, 0.2) is 52.5 Å². The molecule has 6 nitrogen and oxygen atoms in total. The largest absolute Gasteiger partial charge is 0.465 e. The van der Waals surface area contributed by atoms with Crippen molar-refractivity contribution in [3.05, 3.63) is 58.3 Å². The molecule has 0 spiro atoms. The minimum atomic E-state index is -0.618. The van der Waals surface area contributed by atoms with Crippen LogP contribution in [0.2, 0.25) is 0 Å². The van der Waals surface area contributed by atoms with Crippen LogP contribution in [0, 0.1) is 10.1 Å². The Kier molecular flexibility index (Phi) is 4.31. The van der Waals surface area contributed by atoms with Crippen LogP contribution >= 0.6 is 11.8 Å². The van der Waals surface area contributed by atoms with Crippen LogP contribution < -0.4 is 0 Å². The van der Waals surface area contributed by atoms with Gasteiger partial charge in [0.1, 0.15) is 5.03 Å². The molecule has 0 saturated heterocycles. The van der Waals surface area contributed by atoms with E-state index in [4.69, 9.17) is 0 Å². The maximum Gasteiger partial charge on any atom is 0.339 e. The number of pyridine rings is 1. The van der Waals surface area contributed by atoms with Gasteiger partial charge in [-0.25, -0.2) is 9.78 Å². The highest BCUT2D eigenvalue weighted by Crippen LogP contribution is 2.31. The van der Waals surface area contributed by atoms with Crippen molar-refractivity contribution in [2.75, 3.05) is 7.11 Å². The lowest BCUT2D eigenvalue weighted by atomic mass is 10.2. The fraction of sp³-hybridized carbons (Fsp3) is 0.0769. The number of ether oxygens (including phenoxy) is 1. The number of benzene rings is 1. The summed E-state index contributed by atoms with van der Waals surface area (Å²) in [6.45, 7) is 0. The molecular weight excluding hydrogens is 280 g/mol. The van der Waals surface area contributed by atoms with Gasteiger partial charge in [0.25, 0.3) is 5.69 Å². The summed E-state index contributed by atoms with van der Waals surface area (Å²) in [5.41, 5.74) is -0.00637. The van der Waals surface area contributed by atoms with Crippen molar-refractivity contribution in [2.24, 2.45) is 0 Å². The van der Waals surface area contributed by atoms with Crippen LogP contribution in [0.5, 0.6) is 0 Å². The van der Waals surface area contributed by atoms with Crippen LogP contribution in [0.1, 0.15) is 10.4 Å². The number of nitro groups is 1. The van der Waals surface area contributed by atoms with Gasteiger partial charge < -0.3 is 4.74 Å². The quantitative estimate of drug-likeness (QED) is 0.489. The van der Waals surface area contributed by atoms with Crippen LogP contribution in [-0.4, -0.2) is 23.0 Å². The van der Waals surface area contributed by atoms with Gasteiger partial charge in [0.2, 0.25) is 0 Å². The Balaban J connectivity index is 2.41. The predicted octanol–water partition coefficient (Wildman–Crippen LogP) is 2.93. The fourth-order valence-corrected chi connectivity index (χ4v) is 2.38. The van der Waals surface area contributed by atoms with Crippen molar-refractivity contribution in [3.8, 4) is 0 Å². The summed E-state index contributed by atoms with van der Waals surface area (Å²) in [6, 6.07) is 9.45. The average molecular weight is 290 g/mol. The van der Waals surface area contributed by atoms with Crippen LogP contribution in [0.3, 0.4) is 0 Å². The summed E-state index contributed by atoms with van der Waals surface area (Å²) in [6.07, 6.45) is 1.63. The lowest BCUT2D eigenvalue weighted by molar-refractivity contribution is -0.384. The molecule has 1 aromatic carbocycles. The molecule has 0 bridgehead atoms. The predicted molar refractivity (Wildman–Crippen MR) is 72.8 cm³/mol. The van der Waals surface area contributed by atoms with E-state index in [-0.39, 0.29) is 11.3 Å². The molecule has 1 heterocycles. The van der Waals surface area contributed by atoms with Crippen molar-refractivity contribution in [1.82, 2.24) is 4.98 Å². The van der Waals surface area contributed by atoms with E-state index in [9.17, 15) is 14.9 Å². The zero-order chi connectivity index (χ0) is 14.5. The first-order valence-electron chi connectivity index (χ1n) is 5.57. The Morgan fingerprint density at radius 3 is 2.75 bits per heavy atom. The molecule has 0 saturated carbocycles. The Hall–Kier alpha value is -2.41. The molecule has 0 N–H and O–H groups in total. The molecule has 0 aliphatic rings. The first kappa shape index (κ1) is 14.0. The summed E-state index contributed by atoms with van der Waals surface area (Å²) in [4.78, 5) is 26.6. The second kappa shape index (κ2) is 6.16. The van der Waals surface area contributed by atoms with Crippen molar-refractivity contribution in [3.63, 3.8) is 0 Å². The molecule has 0 unspecified atom stereocenters. The van der Waals surface area contributed by atoms with Gasteiger partial charge in [-0.2, -0.15) is 0 Å². The van der Waals surface area contributed by atoms with Gasteiger partial charge in [0.15, 0.2) is 0 Å². The summed E-state index contributed by atoms with van der Waals surface area (Å²) in [5, 5.41) is 11.5. The lowest BCUT2D eigenvalue weighted by Crippen LogP contribution is -2.04. The van der Waals surface area contributed by atoms with Gasteiger partial charge in [0.05, 0.1) is 17.6 Å². The molecule has 2 aromatic rings. The molecule has 0 atom stereocenters. The highest BCUT2D eigenvalue weighted by Gasteiger charge is 2.18. The summed E-state index contributed by atoms with van der Waals surface area (Å²) < 4.78 is 4.65. The Morgan fingerprint density at radius 2 is 2.15 bits per heavy atom. The maximum atomic E-state index is 11.7. The van der Waals surface area contributed by atoms with Gasteiger partial charge in [-0.1, -0.05) is 17.8 Å². The molecule has 20 heavy (non-hydrogen) atoms. The number of nitro benzene ring substituents is 1. The maximum absolute atomic E-state index is 11.7. The molecule has 0 radical (unpaired) electrons. The number of esters is 1. The van der Waals surface area contributed by atoms with E-state index in [0.29, 0.717) is 9.92 Å². The zero-order valence-corrected chi connectivity index (χ0v) is 11.3. The van der Waals surface area contributed by atoms with E-state index in [2.05, 4.69) is 9.72 Å². The number of hydrogen-bond donors (Lipinski definition) is 0. The molecule has 102 valence electrons. The van der Waals surface area contributed by atoms with Crippen LogP contribution in [0.25, 0.3) is 0 Å². The van der Waals surface area contributed by atoms with E-state index in [1.165, 1.54) is 37.1 Å². The Labute approximate surface area is 118 Å². The highest BCUT2D eigenvalue weighted by molar-refractivity contribution is 7.99. The van der Waals surface area contributed by atoms with Gasteiger partial charge in [-0.15, -0.1) is 0 Å². The first-order chi connectivity index (χ1) is 9.61. The molecule has 0 aliphatic heterocycles. The van der Waals surface area contributed by atoms with Gasteiger partial charge in [-0.3, -0.25) is 10.1 Å². The normalized spacial score (nSPS) is 10.1. The number of non-ortho nitro benzene ring substituents is 1. The topological polar surface area (TPSA) is 82.3 Å². The third-order valence-electron chi connectivity index (χ3n) is 2.43. The molecule has 1 aromatic heterocycles. The molecule has 0 aliphatic carbocycles. The first-order valence-corrected chi connectivity index (χ1v) is 6.39. The number of nitrogens with zero attached hydrogens (tertiary/aromatic N) is 2. The molecule has 2 rings (SSSR count). The number of carbonyl (C=O) groups is 1. The summed E-state index contributed by atoms with van der Waals surface area (Å²) in [7, 11) is 1.23. The Bertz CT molecular complexity index is 646. The molecule has 7 heteroatoms. The number of hydrogen-bond acceptors (Lipinski definition) is 6. The third-order valence-corrected chi connectivity index (χ3v) is 3.46. The molecular formula is C13H10N2O4S. The Morgan fingerprint density at radius 1 is 1.35 bits per heavy atom. The fourth-order valence-electron chi connectivity index (χ4n) is 1.51. The number of carbonyl (C=O) groups excluding carboxylic acids is 1. The molecule has 0 fully saturated rings. The van der Waals surface area contributed by atoms with E-state index in [0.717, 1.165) is 0 Å². The highest BCUT2D eigenvalue weighted by atomic mass is 32.2. The zero-order valence-electron chi connectivity index (χ0n) is 10.5. The number of rotatable bonds is 4. The van der Waals surface area contributed by atoms with Crippen molar-refractivity contribution in [1.29, 1.82) is 0 Å². The van der Waals surface area contributed by atoms with Gasteiger partial charge in [-0.05, 0) is 18.2 Å². The molecule has 0 amide bonds. The second-order valence-electron chi connectivity index (χ2n) is 3.70. The van der Waals surface area contributed by atoms with E-state index < -0.39 is 10.9 Å². The van der Waals surface area contributed by atoms with Crippen LogP contribution in [0.4, 0.5) is 5.69 Å². The van der Waals surface area contributed by atoms with Gasteiger partial charge >= 0.3 is 5.97 Å². The van der Waals surface area contributed by atoms with Crippen molar-refractivity contribution in [2.45, 2.75) is 9.92 Å².